The van der Waals surface area contributed by atoms with Crippen LogP contribution in [0, 0.1) is 5.92 Å². The van der Waals surface area contributed by atoms with Crippen LogP contribution in [0.2, 0.25) is 0 Å². The number of aromatic nitrogens is 1. The number of nitrogens with zero attached hydrogens (tertiary/aromatic N) is 1. The zero-order valence-corrected chi connectivity index (χ0v) is 11.3. The van der Waals surface area contributed by atoms with Gasteiger partial charge in [-0.05, 0) is 57.8 Å². The Morgan fingerprint density at radius 2 is 2.44 bits per heavy atom. The number of piperidine rings is 1. The molecule has 0 spiro atoms. The van der Waals surface area contributed by atoms with E-state index < -0.39 is 0 Å². The SMILES string of the molecule is CC(C)Oc1cccnc1NCC1CCCNC1. The van der Waals surface area contributed by atoms with Crippen LogP contribution in [0.15, 0.2) is 18.3 Å². The van der Waals surface area contributed by atoms with Gasteiger partial charge in [-0.3, -0.25) is 0 Å². The summed E-state index contributed by atoms with van der Waals surface area (Å²) in [5.41, 5.74) is 0. The zero-order valence-electron chi connectivity index (χ0n) is 11.3. The van der Waals surface area contributed by atoms with E-state index in [0.29, 0.717) is 5.92 Å². The van der Waals surface area contributed by atoms with Crippen molar-refractivity contribution in [1.82, 2.24) is 10.3 Å². The molecule has 1 aromatic rings. The van der Waals surface area contributed by atoms with Crippen LogP contribution in [-0.2, 0) is 0 Å². The smallest absolute Gasteiger partial charge is 0.168 e. The van der Waals surface area contributed by atoms with Crippen molar-refractivity contribution in [2.75, 3.05) is 25.0 Å². The van der Waals surface area contributed by atoms with Gasteiger partial charge in [0.05, 0.1) is 6.10 Å². The van der Waals surface area contributed by atoms with Gasteiger partial charge in [0.25, 0.3) is 0 Å². The third kappa shape index (κ3) is 3.88. The molecular weight excluding hydrogens is 226 g/mol. The first-order valence-electron chi connectivity index (χ1n) is 6.82. The first-order valence-corrected chi connectivity index (χ1v) is 6.82. The number of hydrogen-bond donors (Lipinski definition) is 2. The van der Waals surface area contributed by atoms with Gasteiger partial charge in [-0.25, -0.2) is 4.98 Å². The first kappa shape index (κ1) is 13.1. The highest BCUT2D eigenvalue weighted by molar-refractivity contribution is 5.49. The number of ether oxygens (including phenoxy) is 1. The molecule has 1 aromatic heterocycles. The van der Waals surface area contributed by atoms with Gasteiger partial charge in [0.15, 0.2) is 11.6 Å². The lowest BCUT2D eigenvalue weighted by molar-refractivity contribution is 0.242. The Bertz CT molecular complexity index is 362. The monoisotopic (exact) mass is 249 g/mol. The van der Waals surface area contributed by atoms with Gasteiger partial charge < -0.3 is 15.4 Å². The van der Waals surface area contributed by atoms with E-state index >= 15 is 0 Å². The molecule has 2 rings (SSSR count). The van der Waals surface area contributed by atoms with E-state index in [0.717, 1.165) is 31.2 Å². The van der Waals surface area contributed by atoms with Crippen LogP contribution in [-0.4, -0.2) is 30.7 Å². The van der Waals surface area contributed by atoms with Crippen molar-refractivity contribution in [2.45, 2.75) is 32.8 Å². The molecule has 0 bridgehead atoms. The van der Waals surface area contributed by atoms with Gasteiger partial charge in [-0.1, -0.05) is 0 Å². The Kier molecular flexibility index (Phi) is 4.81. The molecule has 2 heterocycles. The minimum Gasteiger partial charge on any atom is -0.487 e. The van der Waals surface area contributed by atoms with E-state index in [1.807, 2.05) is 26.0 Å². The topological polar surface area (TPSA) is 46.2 Å². The Labute approximate surface area is 109 Å². The molecule has 1 aliphatic rings. The van der Waals surface area contributed by atoms with Crippen molar-refractivity contribution in [2.24, 2.45) is 5.92 Å². The molecule has 0 radical (unpaired) electrons. The molecule has 0 saturated carbocycles. The second-order valence-electron chi connectivity index (χ2n) is 5.11. The molecule has 4 nitrogen and oxygen atoms in total. The lowest BCUT2D eigenvalue weighted by atomic mass is 10.00. The summed E-state index contributed by atoms with van der Waals surface area (Å²) in [4.78, 5) is 4.36. The van der Waals surface area contributed by atoms with Gasteiger partial charge in [0, 0.05) is 12.7 Å². The average molecular weight is 249 g/mol. The van der Waals surface area contributed by atoms with E-state index in [1.165, 1.54) is 12.8 Å². The number of anilines is 1. The van der Waals surface area contributed by atoms with Crippen LogP contribution in [0.4, 0.5) is 5.82 Å². The molecule has 0 amide bonds. The third-order valence-corrected chi connectivity index (χ3v) is 3.09. The van der Waals surface area contributed by atoms with E-state index in [4.69, 9.17) is 4.74 Å². The fourth-order valence-corrected chi connectivity index (χ4v) is 2.21. The number of nitrogens with one attached hydrogen (secondary N) is 2. The maximum atomic E-state index is 5.74. The maximum absolute atomic E-state index is 5.74. The van der Waals surface area contributed by atoms with Crippen LogP contribution in [0.1, 0.15) is 26.7 Å². The molecule has 1 atom stereocenters. The maximum Gasteiger partial charge on any atom is 0.168 e. The Hall–Kier alpha value is -1.29. The van der Waals surface area contributed by atoms with Crippen molar-refractivity contribution in [3.63, 3.8) is 0 Å². The minimum atomic E-state index is 0.172. The summed E-state index contributed by atoms with van der Waals surface area (Å²) < 4.78 is 5.74. The van der Waals surface area contributed by atoms with E-state index in [1.54, 1.807) is 6.20 Å². The van der Waals surface area contributed by atoms with Crippen molar-refractivity contribution >= 4 is 5.82 Å². The predicted molar refractivity (Wildman–Crippen MR) is 74.1 cm³/mol. The molecule has 1 saturated heterocycles. The van der Waals surface area contributed by atoms with Crippen molar-refractivity contribution in [3.05, 3.63) is 18.3 Å². The van der Waals surface area contributed by atoms with Gasteiger partial charge in [-0.2, -0.15) is 0 Å². The van der Waals surface area contributed by atoms with Gasteiger partial charge in [-0.15, -0.1) is 0 Å². The van der Waals surface area contributed by atoms with Gasteiger partial charge >= 0.3 is 0 Å². The summed E-state index contributed by atoms with van der Waals surface area (Å²) >= 11 is 0. The second-order valence-corrected chi connectivity index (χ2v) is 5.11. The van der Waals surface area contributed by atoms with E-state index in [2.05, 4.69) is 15.6 Å². The predicted octanol–water partition coefficient (Wildman–Crippen LogP) is 2.28. The lowest BCUT2D eigenvalue weighted by Gasteiger charge is -2.23. The molecule has 0 aliphatic carbocycles. The van der Waals surface area contributed by atoms with E-state index in [9.17, 15) is 0 Å². The van der Waals surface area contributed by atoms with Crippen molar-refractivity contribution < 1.29 is 4.74 Å². The normalized spacial score (nSPS) is 19.8. The fraction of sp³-hybridized carbons (Fsp3) is 0.643. The quantitative estimate of drug-likeness (QED) is 0.840. The molecule has 0 aromatic carbocycles. The van der Waals surface area contributed by atoms with Crippen LogP contribution in [0.25, 0.3) is 0 Å². The number of hydrogen-bond acceptors (Lipinski definition) is 4. The summed E-state index contributed by atoms with van der Waals surface area (Å²) in [7, 11) is 0. The lowest BCUT2D eigenvalue weighted by Crippen LogP contribution is -2.33. The molecule has 4 heteroatoms. The van der Waals surface area contributed by atoms with Gasteiger partial charge in [0.1, 0.15) is 0 Å². The Morgan fingerprint density at radius 1 is 1.56 bits per heavy atom. The van der Waals surface area contributed by atoms with Crippen LogP contribution < -0.4 is 15.4 Å². The highest BCUT2D eigenvalue weighted by atomic mass is 16.5. The van der Waals surface area contributed by atoms with Crippen LogP contribution >= 0.6 is 0 Å². The van der Waals surface area contributed by atoms with Crippen molar-refractivity contribution in [1.29, 1.82) is 0 Å². The summed E-state index contributed by atoms with van der Waals surface area (Å²) in [5.74, 6) is 2.39. The largest absolute Gasteiger partial charge is 0.487 e. The second kappa shape index (κ2) is 6.59. The molecular formula is C14H23N3O. The third-order valence-electron chi connectivity index (χ3n) is 3.09. The average Bonchev–Trinajstić information content (AvgIpc) is 2.38. The molecule has 18 heavy (non-hydrogen) atoms. The number of pyridine rings is 1. The standard InChI is InChI=1S/C14H23N3O/c1-11(2)18-13-6-4-8-16-14(13)17-10-12-5-3-7-15-9-12/h4,6,8,11-12,15H,3,5,7,9-10H2,1-2H3,(H,16,17). The fourth-order valence-electron chi connectivity index (χ4n) is 2.21. The van der Waals surface area contributed by atoms with Gasteiger partial charge in [0.2, 0.25) is 0 Å². The summed E-state index contributed by atoms with van der Waals surface area (Å²) in [5, 5.41) is 6.84. The highest BCUT2D eigenvalue weighted by Gasteiger charge is 2.14. The Morgan fingerprint density at radius 3 is 3.17 bits per heavy atom. The molecule has 2 N–H and O–H groups in total. The minimum absolute atomic E-state index is 0.172. The zero-order chi connectivity index (χ0) is 12.8. The highest BCUT2D eigenvalue weighted by Crippen LogP contribution is 2.23. The number of rotatable bonds is 5. The van der Waals surface area contributed by atoms with Crippen molar-refractivity contribution in [3.8, 4) is 5.75 Å². The molecule has 1 fully saturated rings. The first-order chi connectivity index (χ1) is 8.75. The summed E-state index contributed by atoms with van der Waals surface area (Å²) in [6.45, 7) is 7.27. The summed E-state index contributed by atoms with van der Waals surface area (Å²) in [6, 6.07) is 3.87. The Balaban J connectivity index is 1.91. The molecule has 1 aliphatic heterocycles. The van der Waals surface area contributed by atoms with E-state index in [-0.39, 0.29) is 6.10 Å². The molecule has 100 valence electrons. The van der Waals surface area contributed by atoms with Crippen LogP contribution in [0.3, 0.4) is 0 Å². The van der Waals surface area contributed by atoms with Crippen LogP contribution in [0.5, 0.6) is 5.75 Å². The summed E-state index contributed by atoms with van der Waals surface area (Å²) in [6.07, 6.45) is 4.53. The molecule has 1 unspecified atom stereocenters.